The molecule has 0 spiro atoms. The predicted molar refractivity (Wildman–Crippen MR) is 76.7 cm³/mol. The van der Waals surface area contributed by atoms with Gasteiger partial charge in [-0.25, -0.2) is 9.18 Å². The Morgan fingerprint density at radius 1 is 1.43 bits per heavy atom. The van der Waals surface area contributed by atoms with Gasteiger partial charge in [0.2, 0.25) is 0 Å². The highest BCUT2D eigenvalue weighted by atomic mass is 32.1. The molecule has 0 saturated heterocycles. The molecule has 0 saturated carbocycles. The third kappa shape index (κ3) is 3.16. The third-order valence-electron chi connectivity index (χ3n) is 2.67. The molecule has 1 aromatic heterocycles. The Hall–Kier alpha value is -2.48. The van der Waals surface area contributed by atoms with E-state index in [0.29, 0.717) is 5.00 Å². The molecule has 1 N–H and O–H groups in total. The Balaban J connectivity index is 2.43. The number of halogens is 1. The maximum absolute atomic E-state index is 13.1. The molecule has 2 rings (SSSR count). The van der Waals surface area contributed by atoms with Crippen LogP contribution in [0.2, 0.25) is 0 Å². The highest BCUT2D eigenvalue weighted by molar-refractivity contribution is 7.16. The third-order valence-corrected chi connectivity index (χ3v) is 3.63. The van der Waals surface area contributed by atoms with Gasteiger partial charge < -0.3 is 10.1 Å². The van der Waals surface area contributed by atoms with Gasteiger partial charge in [0.05, 0.1) is 23.7 Å². The van der Waals surface area contributed by atoms with Crippen molar-refractivity contribution in [1.29, 1.82) is 0 Å². The molecule has 2 aromatic rings. The molecule has 0 bridgehead atoms. The second kappa shape index (κ2) is 5.88. The van der Waals surface area contributed by atoms with E-state index in [9.17, 15) is 19.3 Å². The summed E-state index contributed by atoms with van der Waals surface area (Å²) in [5.74, 6) is -1.26. The van der Waals surface area contributed by atoms with Crippen molar-refractivity contribution < 1.29 is 18.8 Å². The second-order valence-corrected chi connectivity index (χ2v) is 5.39. The number of esters is 1. The quantitative estimate of drug-likeness (QED) is 0.530. The van der Waals surface area contributed by atoms with Crippen LogP contribution in [0.15, 0.2) is 24.3 Å². The monoisotopic (exact) mass is 310 g/mol. The van der Waals surface area contributed by atoms with Crippen LogP contribution in [0.1, 0.15) is 15.2 Å². The molecule has 1 heterocycles. The van der Waals surface area contributed by atoms with Crippen LogP contribution < -0.4 is 5.32 Å². The van der Waals surface area contributed by atoms with Crippen molar-refractivity contribution in [2.75, 3.05) is 12.4 Å². The van der Waals surface area contributed by atoms with Crippen molar-refractivity contribution in [3.63, 3.8) is 0 Å². The maximum atomic E-state index is 13.1. The van der Waals surface area contributed by atoms with Crippen LogP contribution in [0, 0.1) is 22.9 Å². The van der Waals surface area contributed by atoms with E-state index >= 15 is 0 Å². The number of nitro benzene ring substituents is 1. The topological polar surface area (TPSA) is 81.5 Å². The second-order valence-electron chi connectivity index (χ2n) is 4.14. The lowest BCUT2D eigenvalue weighted by atomic mass is 10.2. The molecule has 0 fully saturated rings. The average molecular weight is 310 g/mol. The van der Waals surface area contributed by atoms with E-state index in [-0.39, 0.29) is 11.3 Å². The summed E-state index contributed by atoms with van der Waals surface area (Å²) >= 11 is 1.25. The fraction of sp³-hybridized carbons (Fsp3) is 0.154. The minimum absolute atomic E-state index is 0.105. The Labute approximate surface area is 123 Å². The Kier molecular flexibility index (Phi) is 4.18. The number of methoxy groups -OCH3 is 1. The van der Waals surface area contributed by atoms with Crippen LogP contribution in [-0.2, 0) is 4.74 Å². The first-order valence-corrected chi connectivity index (χ1v) is 6.63. The summed E-state index contributed by atoms with van der Waals surface area (Å²) in [6, 6.07) is 4.80. The molecule has 0 atom stereocenters. The SMILES string of the molecule is COC(=O)c1cc(C)sc1Nc1ccc(F)cc1[N+](=O)[O-]. The number of aryl methyl sites for hydroxylation is 1. The number of ether oxygens (including phenoxy) is 1. The van der Waals surface area contributed by atoms with E-state index in [1.807, 2.05) is 0 Å². The highest BCUT2D eigenvalue weighted by Crippen LogP contribution is 2.34. The van der Waals surface area contributed by atoms with Crippen molar-refractivity contribution in [3.05, 3.63) is 50.6 Å². The predicted octanol–water partition coefficient (Wildman–Crippen LogP) is 3.63. The first kappa shape index (κ1) is 14.9. The Morgan fingerprint density at radius 3 is 2.76 bits per heavy atom. The van der Waals surface area contributed by atoms with Gasteiger partial charge in [0.25, 0.3) is 5.69 Å². The molecule has 0 aliphatic heterocycles. The van der Waals surface area contributed by atoms with E-state index < -0.39 is 22.4 Å². The van der Waals surface area contributed by atoms with E-state index in [4.69, 9.17) is 0 Å². The van der Waals surface area contributed by atoms with Gasteiger partial charge >= 0.3 is 5.97 Å². The summed E-state index contributed by atoms with van der Waals surface area (Å²) in [5, 5.41) is 14.2. The first-order chi connectivity index (χ1) is 9.92. The molecule has 0 aliphatic rings. The minimum atomic E-state index is -0.706. The summed E-state index contributed by atoms with van der Waals surface area (Å²) < 4.78 is 17.8. The van der Waals surface area contributed by atoms with Crippen LogP contribution >= 0.6 is 11.3 Å². The average Bonchev–Trinajstić information content (AvgIpc) is 2.80. The van der Waals surface area contributed by atoms with Crippen molar-refractivity contribution in [2.45, 2.75) is 6.92 Å². The number of nitrogens with zero attached hydrogens (tertiary/aromatic N) is 1. The number of anilines is 2. The van der Waals surface area contributed by atoms with Crippen LogP contribution in [-0.4, -0.2) is 18.0 Å². The molecular formula is C13H11FN2O4S. The normalized spacial score (nSPS) is 10.2. The molecule has 21 heavy (non-hydrogen) atoms. The summed E-state index contributed by atoms with van der Waals surface area (Å²) in [4.78, 5) is 22.8. The zero-order valence-corrected chi connectivity index (χ0v) is 12.0. The van der Waals surface area contributed by atoms with Crippen LogP contribution in [0.5, 0.6) is 0 Å². The number of carbonyl (C=O) groups is 1. The summed E-state index contributed by atoms with van der Waals surface area (Å²) in [5.41, 5.74) is -0.0242. The molecule has 8 heteroatoms. The first-order valence-electron chi connectivity index (χ1n) is 5.82. The summed E-state index contributed by atoms with van der Waals surface area (Å²) in [6.07, 6.45) is 0. The molecule has 0 amide bonds. The number of benzene rings is 1. The lowest BCUT2D eigenvalue weighted by Gasteiger charge is -2.07. The van der Waals surface area contributed by atoms with E-state index in [1.165, 1.54) is 24.5 Å². The number of thiophene rings is 1. The zero-order valence-electron chi connectivity index (χ0n) is 11.2. The van der Waals surface area contributed by atoms with E-state index in [1.54, 1.807) is 13.0 Å². The van der Waals surface area contributed by atoms with Gasteiger partial charge in [-0.2, -0.15) is 0 Å². The Morgan fingerprint density at radius 2 is 2.14 bits per heavy atom. The van der Waals surface area contributed by atoms with Crippen molar-refractivity contribution >= 4 is 33.7 Å². The van der Waals surface area contributed by atoms with Gasteiger partial charge in [0, 0.05) is 4.88 Å². The van der Waals surface area contributed by atoms with Crippen LogP contribution in [0.3, 0.4) is 0 Å². The van der Waals surface area contributed by atoms with Gasteiger partial charge in [0.1, 0.15) is 16.5 Å². The fourth-order valence-corrected chi connectivity index (χ4v) is 2.66. The van der Waals surface area contributed by atoms with Gasteiger partial charge in [-0.1, -0.05) is 0 Å². The van der Waals surface area contributed by atoms with Crippen LogP contribution in [0.25, 0.3) is 0 Å². The minimum Gasteiger partial charge on any atom is -0.465 e. The fourth-order valence-electron chi connectivity index (χ4n) is 1.75. The number of hydrogen-bond donors (Lipinski definition) is 1. The molecule has 110 valence electrons. The van der Waals surface area contributed by atoms with Crippen LogP contribution in [0.4, 0.5) is 20.8 Å². The van der Waals surface area contributed by atoms with Gasteiger partial charge in [-0.15, -0.1) is 11.3 Å². The number of nitro groups is 1. The zero-order chi connectivity index (χ0) is 15.6. The van der Waals surface area contributed by atoms with Crippen molar-refractivity contribution in [3.8, 4) is 0 Å². The summed E-state index contributed by atoms with van der Waals surface area (Å²) in [7, 11) is 1.25. The van der Waals surface area contributed by atoms with E-state index in [2.05, 4.69) is 10.1 Å². The highest BCUT2D eigenvalue weighted by Gasteiger charge is 2.20. The molecule has 0 radical (unpaired) electrons. The van der Waals surface area contributed by atoms with Crippen molar-refractivity contribution in [1.82, 2.24) is 0 Å². The number of rotatable bonds is 4. The maximum Gasteiger partial charge on any atom is 0.340 e. The van der Waals surface area contributed by atoms with Gasteiger partial charge in [-0.3, -0.25) is 10.1 Å². The summed E-state index contributed by atoms with van der Waals surface area (Å²) in [6.45, 7) is 1.79. The molecular weight excluding hydrogens is 299 g/mol. The van der Waals surface area contributed by atoms with Crippen molar-refractivity contribution in [2.24, 2.45) is 0 Å². The lowest BCUT2D eigenvalue weighted by molar-refractivity contribution is -0.384. The Bertz CT molecular complexity index is 714. The lowest BCUT2D eigenvalue weighted by Crippen LogP contribution is -2.04. The smallest absolute Gasteiger partial charge is 0.340 e. The molecule has 1 aromatic carbocycles. The number of nitrogens with one attached hydrogen (secondary N) is 1. The number of hydrogen-bond acceptors (Lipinski definition) is 6. The molecule has 0 unspecified atom stereocenters. The molecule has 0 aliphatic carbocycles. The molecule has 6 nitrogen and oxygen atoms in total. The van der Waals surface area contributed by atoms with Gasteiger partial charge in [0.15, 0.2) is 0 Å². The van der Waals surface area contributed by atoms with Gasteiger partial charge in [-0.05, 0) is 25.1 Å². The van der Waals surface area contributed by atoms with E-state index in [0.717, 1.165) is 17.0 Å². The number of carbonyl (C=O) groups excluding carboxylic acids is 1. The standard InChI is InChI=1S/C13H11FN2O4S/c1-7-5-9(13(17)20-2)12(21-7)15-10-4-3-8(14)6-11(10)16(18)19/h3-6,15H,1-2H3. The largest absolute Gasteiger partial charge is 0.465 e.